The quantitative estimate of drug-likeness (QED) is 0.190. The summed E-state index contributed by atoms with van der Waals surface area (Å²) in [5.74, 6) is 0.643. The van der Waals surface area contributed by atoms with Crippen molar-refractivity contribution in [3.8, 4) is 22.4 Å². The van der Waals surface area contributed by atoms with Crippen molar-refractivity contribution in [3.05, 3.63) is 94.5 Å². The molecule has 0 atom stereocenters. The van der Waals surface area contributed by atoms with E-state index in [9.17, 15) is 0 Å². The maximum absolute atomic E-state index is 7.81. The van der Waals surface area contributed by atoms with Crippen LogP contribution in [0.5, 0.6) is 0 Å². The van der Waals surface area contributed by atoms with Crippen LogP contribution in [0.3, 0.4) is 0 Å². The van der Waals surface area contributed by atoms with Crippen molar-refractivity contribution in [3.63, 3.8) is 0 Å². The van der Waals surface area contributed by atoms with Gasteiger partial charge in [0.1, 0.15) is 18.2 Å². The highest BCUT2D eigenvalue weighted by Gasteiger charge is 2.28. The molecule has 2 heterocycles. The first-order chi connectivity index (χ1) is 17.5. The number of aromatic nitrogens is 1. The van der Waals surface area contributed by atoms with Crippen molar-refractivity contribution in [2.45, 2.75) is 52.4 Å². The van der Waals surface area contributed by atoms with E-state index in [1.807, 2.05) is 30.3 Å². The SMILES string of the molecule is [C-]#[N+]c1ccc2c(oc3c(-c4cc(C5CCCC5)c(C)c(C)[n+]4C)c(C)ccc32)c1-c1ccccc1. The predicted molar refractivity (Wildman–Crippen MR) is 147 cm³/mol. The monoisotopic (exact) mass is 471 g/mol. The van der Waals surface area contributed by atoms with Gasteiger partial charge < -0.3 is 4.42 Å². The smallest absolute Gasteiger partial charge is 0.216 e. The van der Waals surface area contributed by atoms with Gasteiger partial charge in [-0.3, -0.25) is 0 Å². The number of hydrogen-bond donors (Lipinski definition) is 0. The molecular weight excluding hydrogens is 440 g/mol. The van der Waals surface area contributed by atoms with Gasteiger partial charge in [0.25, 0.3) is 0 Å². The standard InChI is InChI=1S/C33H31N2O/c1-20-15-16-25-26-17-18-28(34-4)31(24-13-7-6-8-14-24)33(26)36-32(25)30(20)29-19-27(23-11-9-10-12-23)21(2)22(3)35(29)5/h6-8,13-19,23H,9-12H2,1-3,5H3/q+1. The Bertz CT molecular complexity index is 1680. The van der Waals surface area contributed by atoms with Crippen molar-refractivity contribution in [1.82, 2.24) is 0 Å². The van der Waals surface area contributed by atoms with Crippen LogP contribution in [-0.2, 0) is 7.05 Å². The molecular formula is C33H31N2O+. The lowest BCUT2D eigenvalue weighted by atomic mass is 9.90. The molecule has 1 aliphatic rings. The molecule has 1 saturated carbocycles. The van der Waals surface area contributed by atoms with E-state index >= 15 is 0 Å². The van der Waals surface area contributed by atoms with Crippen molar-refractivity contribution >= 4 is 27.6 Å². The summed E-state index contributed by atoms with van der Waals surface area (Å²) in [5.41, 5.74) is 12.0. The molecule has 2 aromatic heterocycles. The molecule has 36 heavy (non-hydrogen) atoms. The van der Waals surface area contributed by atoms with Gasteiger partial charge in [0, 0.05) is 34.9 Å². The second kappa shape index (κ2) is 8.64. The Morgan fingerprint density at radius 3 is 2.22 bits per heavy atom. The number of aryl methyl sites for hydroxylation is 1. The molecule has 3 heteroatoms. The summed E-state index contributed by atoms with van der Waals surface area (Å²) in [7, 11) is 2.17. The van der Waals surface area contributed by atoms with Crippen LogP contribution in [0, 0.1) is 27.3 Å². The van der Waals surface area contributed by atoms with Gasteiger partial charge in [0.15, 0.2) is 11.4 Å². The highest BCUT2D eigenvalue weighted by atomic mass is 16.3. The number of pyridine rings is 1. The zero-order valence-electron chi connectivity index (χ0n) is 21.5. The van der Waals surface area contributed by atoms with Crippen LogP contribution in [0.15, 0.2) is 65.1 Å². The minimum absolute atomic E-state index is 0.617. The van der Waals surface area contributed by atoms with E-state index in [1.54, 1.807) is 0 Å². The lowest BCUT2D eigenvalue weighted by Gasteiger charge is -2.16. The van der Waals surface area contributed by atoms with E-state index in [-0.39, 0.29) is 0 Å². The second-order valence-electron chi connectivity index (χ2n) is 10.3. The van der Waals surface area contributed by atoms with E-state index in [0.717, 1.165) is 38.6 Å². The fourth-order valence-electron chi connectivity index (χ4n) is 6.18. The third kappa shape index (κ3) is 3.36. The van der Waals surface area contributed by atoms with Gasteiger partial charge in [-0.15, -0.1) is 0 Å². The summed E-state index contributed by atoms with van der Waals surface area (Å²) >= 11 is 0. The van der Waals surface area contributed by atoms with E-state index < -0.39 is 0 Å². The minimum atomic E-state index is 0.617. The van der Waals surface area contributed by atoms with Gasteiger partial charge in [0.2, 0.25) is 5.69 Å². The van der Waals surface area contributed by atoms with Crippen LogP contribution < -0.4 is 4.57 Å². The van der Waals surface area contributed by atoms with Crippen LogP contribution in [0.1, 0.15) is 54.0 Å². The average Bonchev–Trinajstić information content (AvgIpc) is 3.56. The first-order valence-corrected chi connectivity index (χ1v) is 12.9. The molecule has 0 spiro atoms. The van der Waals surface area contributed by atoms with Gasteiger partial charge in [-0.05, 0) is 49.3 Å². The van der Waals surface area contributed by atoms with Crippen molar-refractivity contribution in [2.75, 3.05) is 0 Å². The molecule has 1 aliphatic carbocycles. The molecule has 0 unspecified atom stereocenters. The molecule has 0 amide bonds. The van der Waals surface area contributed by atoms with Crippen LogP contribution >= 0.6 is 0 Å². The number of furan rings is 1. The summed E-state index contributed by atoms with van der Waals surface area (Å²) in [5, 5.41) is 2.15. The molecule has 1 fully saturated rings. The summed E-state index contributed by atoms with van der Waals surface area (Å²) in [6, 6.07) is 20.9. The van der Waals surface area contributed by atoms with Gasteiger partial charge in [-0.1, -0.05) is 67.4 Å². The van der Waals surface area contributed by atoms with Crippen LogP contribution in [0.2, 0.25) is 0 Å². The summed E-state index contributed by atoms with van der Waals surface area (Å²) in [6.45, 7) is 14.5. The molecule has 0 saturated heterocycles. The predicted octanol–water partition coefficient (Wildman–Crippen LogP) is 8.88. The van der Waals surface area contributed by atoms with Crippen LogP contribution in [0.4, 0.5) is 5.69 Å². The topological polar surface area (TPSA) is 21.4 Å². The molecule has 5 aromatic rings. The van der Waals surface area contributed by atoms with E-state index in [0.29, 0.717) is 11.6 Å². The van der Waals surface area contributed by atoms with Gasteiger partial charge in [-0.25, -0.2) is 4.85 Å². The zero-order chi connectivity index (χ0) is 25.0. The lowest BCUT2D eigenvalue weighted by Crippen LogP contribution is -2.36. The van der Waals surface area contributed by atoms with Crippen molar-refractivity contribution in [1.29, 1.82) is 0 Å². The molecule has 0 aliphatic heterocycles. The molecule has 3 nitrogen and oxygen atoms in total. The number of rotatable bonds is 3. The maximum Gasteiger partial charge on any atom is 0.216 e. The van der Waals surface area contributed by atoms with E-state index in [2.05, 4.69) is 67.6 Å². The van der Waals surface area contributed by atoms with E-state index in [1.165, 1.54) is 53.8 Å². The van der Waals surface area contributed by atoms with E-state index in [4.69, 9.17) is 11.0 Å². The third-order valence-electron chi connectivity index (χ3n) is 8.36. The Morgan fingerprint density at radius 1 is 0.861 bits per heavy atom. The highest BCUT2D eigenvalue weighted by Crippen LogP contribution is 2.45. The van der Waals surface area contributed by atoms with Crippen molar-refractivity contribution < 1.29 is 8.98 Å². The number of nitrogens with zero attached hydrogens (tertiary/aromatic N) is 2. The Labute approximate surface area is 212 Å². The van der Waals surface area contributed by atoms with Gasteiger partial charge in [0.05, 0.1) is 12.1 Å². The van der Waals surface area contributed by atoms with Crippen molar-refractivity contribution in [2.24, 2.45) is 7.05 Å². The minimum Gasteiger partial charge on any atom is -0.456 e. The fourth-order valence-corrected chi connectivity index (χ4v) is 6.18. The largest absolute Gasteiger partial charge is 0.456 e. The Hall–Kier alpha value is -3.90. The Morgan fingerprint density at radius 2 is 1.53 bits per heavy atom. The molecule has 6 rings (SSSR count). The summed E-state index contributed by atoms with van der Waals surface area (Å²) in [6.07, 6.45) is 5.20. The fraction of sp³-hybridized carbons (Fsp3) is 0.273. The Kier molecular flexibility index (Phi) is 5.41. The average molecular weight is 472 g/mol. The number of fused-ring (bicyclic) bond motifs is 3. The second-order valence-corrected chi connectivity index (χ2v) is 10.3. The summed E-state index contributed by atoms with van der Waals surface area (Å²) < 4.78 is 9.11. The molecule has 0 N–H and O–H groups in total. The van der Waals surface area contributed by atoms with Crippen LogP contribution in [0.25, 0.3) is 49.2 Å². The molecule has 0 radical (unpaired) electrons. The first-order valence-electron chi connectivity index (χ1n) is 12.9. The lowest BCUT2D eigenvalue weighted by molar-refractivity contribution is -0.667. The molecule has 0 bridgehead atoms. The van der Waals surface area contributed by atoms with Crippen LogP contribution in [-0.4, -0.2) is 0 Å². The summed E-state index contributed by atoms with van der Waals surface area (Å²) in [4.78, 5) is 3.84. The highest BCUT2D eigenvalue weighted by molar-refractivity contribution is 6.15. The number of benzene rings is 3. The molecule has 3 aromatic carbocycles. The normalized spacial score (nSPS) is 14.1. The zero-order valence-corrected chi connectivity index (χ0v) is 21.5. The molecule has 178 valence electrons. The first kappa shape index (κ1) is 22.6. The Balaban J connectivity index is 1.69. The van der Waals surface area contributed by atoms with Gasteiger partial charge in [-0.2, -0.15) is 4.57 Å². The maximum atomic E-state index is 7.81. The third-order valence-corrected chi connectivity index (χ3v) is 8.36. The van der Waals surface area contributed by atoms with Gasteiger partial charge >= 0.3 is 0 Å². The number of hydrogen-bond acceptors (Lipinski definition) is 1.